The molecule has 3 rings (SSSR count). The Kier molecular flexibility index (Phi) is 6.87. The number of halogens is 3. The van der Waals surface area contributed by atoms with Crippen LogP contribution in [-0.2, 0) is 0 Å². The van der Waals surface area contributed by atoms with Crippen molar-refractivity contribution in [3.05, 3.63) is 58.9 Å². The first-order valence-electron chi connectivity index (χ1n) is 8.22. The minimum atomic E-state index is -0.349. The van der Waals surface area contributed by atoms with Crippen molar-refractivity contribution in [2.24, 2.45) is 11.7 Å². The van der Waals surface area contributed by atoms with E-state index in [1.165, 1.54) is 24.3 Å². The van der Waals surface area contributed by atoms with Crippen molar-refractivity contribution >= 4 is 29.9 Å². The predicted molar refractivity (Wildman–Crippen MR) is 103 cm³/mol. The average molecular weight is 399 g/mol. The maximum atomic E-state index is 13.1. The number of hydrogen-bond donors (Lipinski definition) is 1. The fourth-order valence-electron chi connectivity index (χ4n) is 3.14. The van der Waals surface area contributed by atoms with Gasteiger partial charge in [0.2, 0.25) is 0 Å². The molecular weight excluding hydrogens is 378 g/mol. The molecule has 2 unspecified atom stereocenters. The van der Waals surface area contributed by atoms with Crippen molar-refractivity contribution in [2.45, 2.75) is 19.4 Å². The molecule has 1 saturated heterocycles. The Morgan fingerprint density at radius 1 is 1.31 bits per heavy atom. The van der Waals surface area contributed by atoms with Crippen LogP contribution >= 0.6 is 24.0 Å². The van der Waals surface area contributed by atoms with Gasteiger partial charge in [0.05, 0.1) is 5.56 Å². The van der Waals surface area contributed by atoms with Crippen LogP contribution in [0, 0.1) is 11.7 Å². The van der Waals surface area contributed by atoms with Crippen molar-refractivity contribution in [1.82, 2.24) is 4.90 Å². The Bertz CT molecular complexity index is 771. The minimum absolute atomic E-state index is 0. The third-order valence-electron chi connectivity index (χ3n) is 4.47. The number of amides is 1. The second kappa shape index (κ2) is 8.71. The zero-order chi connectivity index (χ0) is 18.0. The number of carbonyl (C=O) groups excluding carboxylic acids is 1. The van der Waals surface area contributed by atoms with Gasteiger partial charge in [-0.1, -0.05) is 11.6 Å². The van der Waals surface area contributed by atoms with E-state index >= 15 is 0 Å². The lowest BCUT2D eigenvalue weighted by molar-refractivity contribution is 0.0741. The molecule has 0 aromatic heterocycles. The zero-order valence-corrected chi connectivity index (χ0v) is 15.9. The molecule has 1 amide bonds. The van der Waals surface area contributed by atoms with Crippen LogP contribution in [0.2, 0.25) is 5.02 Å². The maximum Gasteiger partial charge on any atom is 0.257 e. The van der Waals surface area contributed by atoms with Gasteiger partial charge in [-0.05, 0) is 68.3 Å². The number of ether oxygens (including phenoxy) is 1. The predicted octanol–water partition coefficient (Wildman–Crippen LogP) is 4.50. The van der Waals surface area contributed by atoms with E-state index < -0.39 is 0 Å². The van der Waals surface area contributed by atoms with Crippen LogP contribution in [0.5, 0.6) is 11.5 Å². The molecule has 4 nitrogen and oxygen atoms in total. The smallest absolute Gasteiger partial charge is 0.257 e. The van der Waals surface area contributed by atoms with Gasteiger partial charge in [-0.25, -0.2) is 4.39 Å². The molecule has 1 aliphatic heterocycles. The summed E-state index contributed by atoms with van der Waals surface area (Å²) in [6.07, 6.45) is 0.886. The van der Waals surface area contributed by atoms with E-state index in [0.717, 1.165) is 6.42 Å². The van der Waals surface area contributed by atoms with Gasteiger partial charge in [0.15, 0.2) is 0 Å². The molecule has 0 aliphatic carbocycles. The maximum absolute atomic E-state index is 13.1. The quantitative estimate of drug-likeness (QED) is 0.824. The molecule has 140 valence electrons. The van der Waals surface area contributed by atoms with Gasteiger partial charge in [0.1, 0.15) is 17.3 Å². The second-order valence-corrected chi connectivity index (χ2v) is 6.78. The Morgan fingerprint density at radius 3 is 2.62 bits per heavy atom. The summed E-state index contributed by atoms with van der Waals surface area (Å²) in [7, 11) is 0. The molecule has 2 aromatic rings. The molecule has 7 heteroatoms. The number of likely N-dealkylation sites (tertiary alicyclic amines) is 1. The minimum Gasteiger partial charge on any atom is -0.457 e. The first-order chi connectivity index (χ1) is 12.0. The van der Waals surface area contributed by atoms with Gasteiger partial charge >= 0.3 is 0 Å². The lowest BCUT2D eigenvalue weighted by Gasteiger charge is -2.23. The summed E-state index contributed by atoms with van der Waals surface area (Å²) in [4.78, 5) is 14.8. The fourth-order valence-corrected chi connectivity index (χ4v) is 3.31. The van der Waals surface area contributed by atoms with Crippen LogP contribution in [0.15, 0.2) is 42.5 Å². The van der Waals surface area contributed by atoms with Crippen LogP contribution in [-0.4, -0.2) is 29.9 Å². The van der Waals surface area contributed by atoms with Crippen molar-refractivity contribution in [2.75, 3.05) is 13.1 Å². The summed E-state index contributed by atoms with van der Waals surface area (Å²) < 4.78 is 18.9. The normalized spacial score (nSPS) is 19.2. The first kappa shape index (κ1) is 20.5. The molecule has 2 N–H and O–H groups in total. The molecule has 0 radical (unpaired) electrons. The van der Waals surface area contributed by atoms with Crippen molar-refractivity contribution in [1.29, 1.82) is 0 Å². The summed E-state index contributed by atoms with van der Waals surface area (Å²) in [5.41, 5.74) is 6.14. The lowest BCUT2D eigenvalue weighted by atomic mass is 10.1. The van der Waals surface area contributed by atoms with Gasteiger partial charge in [-0.3, -0.25) is 4.79 Å². The molecule has 26 heavy (non-hydrogen) atoms. The molecule has 0 bridgehead atoms. The molecule has 1 aliphatic rings. The van der Waals surface area contributed by atoms with Crippen molar-refractivity contribution < 1.29 is 13.9 Å². The van der Waals surface area contributed by atoms with Gasteiger partial charge in [0, 0.05) is 17.6 Å². The molecular formula is C19H21Cl2FN2O2. The van der Waals surface area contributed by atoms with Crippen LogP contribution in [0.4, 0.5) is 4.39 Å². The lowest BCUT2D eigenvalue weighted by Crippen LogP contribution is -2.34. The molecule has 2 atom stereocenters. The Hall–Kier alpha value is -1.82. The molecule has 0 spiro atoms. The standard InChI is InChI=1S/C19H20ClFN2O2.ClH/c1-12-8-13(10-22)11-23(12)19(24)17-9-14(20)2-7-18(17)25-16-5-3-15(21)4-6-16;/h2-7,9,12-13H,8,10-11,22H2,1H3;1H. The molecule has 2 aromatic carbocycles. The summed E-state index contributed by atoms with van der Waals surface area (Å²) in [5.74, 6) is 0.664. The summed E-state index contributed by atoms with van der Waals surface area (Å²) >= 11 is 6.09. The van der Waals surface area contributed by atoms with E-state index in [1.54, 1.807) is 23.1 Å². The monoisotopic (exact) mass is 398 g/mol. The number of hydrogen-bond acceptors (Lipinski definition) is 3. The Balaban J connectivity index is 0.00000243. The number of rotatable bonds is 4. The largest absolute Gasteiger partial charge is 0.457 e. The topological polar surface area (TPSA) is 55.6 Å². The highest BCUT2D eigenvalue weighted by Gasteiger charge is 2.33. The van der Waals surface area contributed by atoms with Gasteiger partial charge < -0.3 is 15.4 Å². The van der Waals surface area contributed by atoms with Crippen molar-refractivity contribution in [3.63, 3.8) is 0 Å². The van der Waals surface area contributed by atoms with Gasteiger partial charge in [-0.15, -0.1) is 12.4 Å². The zero-order valence-electron chi connectivity index (χ0n) is 14.3. The van der Waals surface area contributed by atoms with Gasteiger partial charge in [0.25, 0.3) is 5.91 Å². The van der Waals surface area contributed by atoms with E-state index in [4.69, 9.17) is 22.1 Å². The summed E-state index contributed by atoms with van der Waals surface area (Å²) in [6, 6.07) is 10.7. The Morgan fingerprint density at radius 2 is 2.00 bits per heavy atom. The SMILES string of the molecule is CC1CC(CN)CN1C(=O)c1cc(Cl)ccc1Oc1ccc(F)cc1.Cl. The van der Waals surface area contributed by atoms with E-state index in [1.807, 2.05) is 6.92 Å². The average Bonchev–Trinajstić information content (AvgIpc) is 2.99. The van der Waals surface area contributed by atoms with E-state index in [2.05, 4.69) is 0 Å². The molecule has 1 fully saturated rings. The van der Waals surface area contributed by atoms with Crippen LogP contribution in [0.1, 0.15) is 23.7 Å². The number of nitrogens with two attached hydrogens (primary N) is 1. The van der Waals surface area contributed by atoms with Crippen LogP contribution in [0.25, 0.3) is 0 Å². The number of nitrogens with zero attached hydrogens (tertiary/aromatic N) is 1. The first-order valence-corrected chi connectivity index (χ1v) is 8.59. The third kappa shape index (κ3) is 4.47. The number of benzene rings is 2. The highest BCUT2D eigenvalue weighted by Crippen LogP contribution is 2.32. The summed E-state index contributed by atoms with van der Waals surface area (Å²) in [6.45, 7) is 3.19. The van der Waals surface area contributed by atoms with Crippen LogP contribution < -0.4 is 10.5 Å². The molecule has 1 heterocycles. The van der Waals surface area contributed by atoms with Gasteiger partial charge in [-0.2, -0.15) is 0 Å². The van der Waals surface area contributed by atoms with E-state index in [9.17, 15) is 9.18 Å². The number of carbonyl (C=O) groups is 1. The molecule has 0 saturated carbocycles. The van der Waals surface area contributed by atoms with E-state index in [0.29, 0.717) is 41.1 Å². The Labute approximate surface area is 163 Å². The third-order valence-corrected chi connectivity index (χ3v) is 4.70. The van der Waals surface area contributed by atoms with E-state index in [-0.39, 0.29) is 30.2 Å². The van der Waals surface area contributed by atoms with Crippen molar-refractivity contribution in [3.8, 4) is 11.5 Å². The highest BCUT2D eigenvalue weighted by atomic mass is 35.5. The van der Waals surface area contributed by atoms with Crippen LogP contribution in [0.3, 0.4) is 0 Å². The highest BCUT2D eigenvalue weighted by molar-refractivity contribution is 6.31. The second-order valence-electron chi connectivity index (χ2n) is 6.34. The fraction of sp³-hybridized carbons (Fsp3) is 0.316. The summed E-state index contributed by atoms with van der Waals surface area (Å²) in [5, 5.41) is 0.456.